The molecule has 0 saturated heterocycles. The van der Waals surface area contributed by atoms with Crippen molar-refractivity contribution in [2.24, 2.45) is 0 Å². The first-order valence-electron chi connectivity index (χ1n) is 6.95. The summed E-state index contributed by atoms with van der Waals surface area (Å²) in [6, 6.07) is 7.92. The van der Waals surface area contributed by atoms with Crippen LogP contribution < -0.4 is 4.74 Å². The minimum Gasteiger partial charge on any atom is -0.497 e. The van der Waals surface area contributed by atoms with Gasteiger partial charge in [0.1, 0.15) is 5.75 Å². The van der Waals surface area contributed by atoms with Gasteiger partial charge in [0.2, 0.25) is 0 Å². The Morgan fingerprint density at radius 3 is 2.55 bits per heavy atom. The van der Waals surface area contributed by atoms with Crippen LogP contribution in [0.4, 0.5) is 0 Å². The van der Waals surface area contributed by atoms with Gasteiger partial charge >= 0.3 is 5.97 Å². The zero-order chi connectivity index (χ0) is 14.4. The molecule has 1 aliphatic rings. The van der Waals surface area contributed by atoms with Crippen LogP contribution in [0.1, 0.15) is 31.7 Å². The topological polar surface area (TPSA) is 35.5 Å². The molecule has 0 aliphatic heterocycles. The summed E-state index contributed by atoms with van der Waals surface area (Å²) in [6.07, 6.45) is 6.81. The maximum atomic E-state index is 11.5. The molecule has 1 fully saturated rings. The third kappa shape index (κ3) is 3.73. The molecule has 3 nitrogen and oxygen atoms in total. The molecule has 1 aromatic rings. The molecular weight excluding hydrogens is 252 g/mol. The van der Waals surface area contributed by atoms with E-state index in [2.05, 4.69) is 6.08 Å². The average Bonchev–Trinajstić information content (AvgIpc) is 2.87. The molecule has 0 aromatic heterocycles. The lowest BCUT2D eigenvalue weighted by Crippen LogP contribution is -2.00. The fraction of sp³-hybridized carbons (Fsp3) is 0.353. The molecule has 0 N–H and O–H groups in total. The van der Waals surface area contributed by atoms with Gasteiger partial charge in [-0.15, -0.1) is 0 Å². The molecule has 3 heteroatoms. The molecule has 0 bridgehead atoms. The number of ether oxygens (including phenoxy) is 2. The summed E-state index contributed by atoms with van der Waals surface area (Å²) in [5.41, 5.74) is 3.44. The number of esters is 1. The van der Waals surface area contributed by atoms with Gasteiger partial charge in [-0.25, -0.2) is 4.79 Å². The van der Waals surface area contributed by atoms with E-state index in [1.807, 2.05) is 31.2 Å². The van der Waals surface area contributed by atoms with Crippen molar-refractivity contribution >= 4 is 12.0 Å². The number of rotatable bonds is 4. The van der Waals surface area contributed by atoms with E-state index in [1.54, 1.807) is 13.2 Å². The second kappa shape index (κ2) is 6.94. The second-order valence-corrected chi connectivity index (χ2v) is 4.72. The van der Waals surface area contributed by atoms with Crippen LogP contribution in [0.2, 0.25) is 0 Å². The molecule has 0 amide bonds. The quantitative estimate of drug-likeness (QED) is 0.618. The van der Waals surface area contributed by atoms with E-state index in [-0.39, 0.29) is 5.97 Å². The van der Waals surface area contributed by atoms with E-state index in [0.717, 1.165) is 36.1 Å². The standard InChI is InChI=1S/C17H20O3/c1-3-20-17(18)12-15-6-4-5-14(15)11-13-7-9-16(19-2)10-8-13/h7-12H,3-6H2,1-2H3/b14-11+,15-12+. The Morgan fingerprint density at radius 2 is 1.90 bits per heavy atom. The first kappa shape index (κ1) is 14.4. The minimum absolute atomic E-state index is 0.245. The summed E-state index contributed by atoms with van der Waals surface area (Å²) in [5.74, 6) is 0.603. The molecule has 0 atom stereocenters. The number of carbonyl (C=O) groups is 1. The van der Waals surface area contributed by atoms with Crippen LogP contribution in [0.15, 0.2) is 41.5 Å². The van der Waals surface area contributed by atoms with E-state index in [4.69, 9.17) is 9.47 Å². The lowest BCUT2D eigenvalue weighted by atomic mass is 10.1. The first-order chi connectivity index (χ1) is 9.72. The smallest absolute Gasteiger partial charge is 0.331 e. The molecule has 2 rings (SSSR count). The van der Waals surface area contributed by atoms with Crippen molar-refractivity contribution in [1.82, 2.24) is 0 Å². The molecule has 1 aliphatic carbocycles. The van der Waals surface area contributed by atoms with Crippen molar-refractivity contribution in [3.63, 3.8) is 0 Å². The van der Waals surface area contributed by atoms with E-state index in [9.17, 15) is 4.79 Å². The number of hydrogen-bond donors (Lipinski definition) is 0. The van der Waals surface area contributed by atoms with Crippen LogP contribution in [0, 0.1) is 0 Å². The largest absolute Gasteiger partial charge is 0.497 e. The maximum Gasteiger partial charge on any atom is 0.331 e. The number of hydrogen-bond acceptors (Lipinski definition) is 3. The van der Waals surface area contributed by atoms with Crippen LogP contribution in [0.3, 0.4) is 0 Å². The molecule has 0 spiro atoms. The fourth-order valence-corrected chi connectivity index (χ4v) is 2.35. The fourth-order valence-electron chi connectivity index (χ4n) is 2.35. The van der Waals surface area contributed by atoms with Crippen LogP contribution in [0.5, 0.6) is 5.75 Å². The molecule has 0 heterocycles. The van der Waals surface area contributed by atoms with Crippen molar-refractivity contribution in [3.8, 4) is 5.75 Å². The Balaban J connectivity index is 2.16. The van der Waals surface area contributed by atoms with E-state index < -0.39 is 0 Å². The first-order valence-corrected chi connectivity index (χ1v) is 6.95. The summed E-state index contributed by atoms with van der Waals surface area (Å²) in [7, 11) is 1.66. The van der Waals surface area contributed by atoms with Gasteiger partial charge in [-0.05, 0) is 55.0 Å². The molecule has 20 heavy (non-hydrogen) atoms. The summed E-state index contributed by atoms with van der Waals surface area (Å²) < 4.78 is 10.1. The zero-order valence-electron chi connectivity index (χ0n) is 12.0. The normalized spacial score (nSPS) is 18.5. The van der Waals surface area contributed by atoms with Gasteiger partial charge in [-0.2, -0.15) is 0 Å². The van der Waals surface area contributed by atoms with Gasteiger partial charge in [-0.3, -0.25) is 0 Å². The predicted octanol–water partition coefficient (Wildman–Crippen LogP) is 3.75. The molecule has 0 unspecified atom stereocenters. The Kier molecular flexibility index (Phi) is 4.99. The number of benzene rings is 1. The van der Waals surface area contributed by atoms with Crippen LogP contribution >= 0.6 is 0 Å². The summed E-state index contributed by atoms with van der Waals surface area (Å²) >= 11 is 0. The van der Waals surface area contributed by atoms with Crippen LogP contribution in [-0.2, 0) is 9.53 Å². The lowest BCUT2D eigenvalue weighted by molar-refractivity contribution is -0.137. The maximum absolute atomic E-state index is 11.5. The van der Waals surface area contributed by atoms with E-state index in [1.165, 1.54) is 5.57 Å². The monoisotopic (exact) mass is 272 g/mol. The minimum atomic E-state index is -0.245. The second-order valence-electron chi connectivity index (χ2n) is 4.72. The van der Waals surface area contributed by atoms with Crippen molar-refractivity contribution in [2.45, 2.75) is 26.2 Å². The highest BCUT2D eigenvalue weighted by Gasteiger charge is 2.15. The van der Waals surface area contributed by atoms with Crippen molar-refractivity contribution in [2.75, 3.05) is 13.7 Å². The molecule has 1 aromatic carbocycles. The van der Waals surface area contributed by atoms with Crippen LogP contribution in [-0.4, -0.2) is 19.7 Å². The van der Waals surface area contributed by atoms with Crippen LogP contribution in [0.25, 0.3) is 6.08 Å². The summed E-state index contributed by atoms with van der Waals surface area (Å²) in [4.78, 5) is 11.5. The SMILES string of the molecule is CCOC(=O)/C=C1\CCC\C1=C/c1ccc(OC)cc1. The van der Waals surface area contributed by atoms with Gasteiger partial charge in [0.15, 0.2) is 0 Å². The van der Waals surface area contributed by atoms with E-state index in [0.29, 0.717) is 6.61 Å². The number of methoxy groups -OCH3 is 1. The predicted molar refractivity (Wildman–Crippen MR) is 79.5 cm³/mol. The third-order valence-corrected chi connectivity index (χ3v) is 3.34. The van der Waals surface area contributed by atoms with Crippen molar-refractivity contribution in [1.29, 1.82) is 0 Å². The van der Waals surface area contributed by atoms with Crippen molar-refractivity contribution < 1.29 is 14.3 Å². The Bertz CT molecular complexity index is 524. The molecule has 1 saturated carbocycles. The molecule has 0 radical (unpaired) electrons. The van der Waals surface area contributed by atoms with Crippen molar-refractivity contribution in [3.05, 3.63) is 47.1 Å². The summed E-state index contributed by atoms with van der Waals surface area (Å²) in [5, 5.41) is 0. The molecule has 106 valence electrons. The number of carbonyl (C=O) groups excluding carboxylic acids is 1. The summed E-state index contributed by atoms with van der Waals surface area (Å²) in [6.45, 7) is 2.24. The number of allylic oxidation sites excluding steroid dienone is 2. The highest BCUT2D eigenvalue weighted by atomic mass is 16.5. The lowest BCUT2D eigenvalue weighted by Gasteiger charge is -2.03. The Hall–Kier alpha value is -2.03. The van der Waals surface area contributed by atoms with Gasteiger partial charge in [-0.1, -0.05) is 18.2 Å². The molecular formula is C17H20O3. The van der Waals surface area contributed by atoms with E-state index >= 15 is 0 Å². The average molecular weight is 272 g/mol. The highest BCUT2D eigenvalue weighted by Crippen LogP contribution is 2.32. The van der Waals surface area contributed by atoms with Gasteiger partial charge in [0.25, 0.3) is 0 Å². The Labute approximate surface area is 119 Å². The third-order valence-electron chi connectivity index (χ3n) is 3.34. The zero-order valence-corrected chi connectivity index (χ0v) is 12.0. The van der Waals surface area contributed by atoms with Gasteiger partial charge < -0.3 is 9.47 Å². The highest BCUT2D eigenvalue weighted by molar-refractivity contribution is 5.84. The van der Waals surface area contributed by atoms with Gasteiger partial charge in [0.05, 0.1) is 13.7 Å². The Morgan fingerprint density at radius 1 is 1.20 bits per heavy atom. The van der Waals surface area contributed by atoms with Gasteiger partial charge in [0, 0.05) is 6.08 Å².